The van der Waals surface area contributed by atoms with Crippen molar-refractivity contribution in [1.29, 1.82) is 0 Å². The van der Waals surface area contributed by atoms with Gasteiger partial charge in [-0.05, 0) is 32.4 Å². The Morgan fingerprint density at radius 2 is 2.15 bits per heavy atom. The summed E-state index contributed by atoms with van der Waals surface area (Å²) in [4.78, 5) is 8.72. The van der Waals surface area contributed by atoms with Gasteiger partial charge in [-0.15, -0.1) is 0 Å². The third kappa shape index (κ3) is 2.28. The number of piperazine rings is 1. The van der Waals surface area contributed by atoms with Crippen LogP contribution in [-0.2, 0) is 5.92 Å². The highest BCUT2D eigenvalue weighted by atomic mass is 19.3. The molecule has 0 N–H and O–H groups in total. The number of halogens is 2. The average molecular weight is 281 g/mol. The number of rotatable bonds is 1. The molecule has 5 heteroatoms. The van der Waals surface area contributed by atoms with Crippen LogP contribution in [0.15, 0.2) is 18.3 Å². The van der Waals surface area contributed by atoms with Gasteiger partial charge in [-0.2, -0.15) is 0 Å². The molecule has 0 saturated carbocycles. The van der Waals surface area contributed by atoms with Crippen LogP contribution in [-0.4, -0.2) is 41.6 Å². The number of aromatic nitrogens is 1. The average Bonchev–Trinajstić information content (AvgIpc) is 2.55. The van der Waals surface area contributed by atoms with Crippen molar-refractivity contribution in [3.63, 3.8) is 0 Å². The van der Waals surface area contributed by atoms with E-state index in [9.17, 15) is 8.78 Å². The first-order valence-corrected chi connectivity index (χ1v) is 7.33. The predicted molar refractivity (Wildman–Crippen MR) is 75.2 cm³/mol. The Kier molecular flexibility index (Phi) is 3.40. The molecule has 3 rings (SSSR count). The van der Waals surface area contributed by atoms with Gasteiger partial charge in [0.25, 0.3) is 5.92 Å². The summed E-state index contributed by atoms with van der Waals surface area (Å²) in [7, 11) is 0. The normalized spacial score (nSPS) is 26.1. The zero-order valence-electron chi connectivity index (χ0n) is 12.0. The van der Waals surface area contributed by atoms with Gasteiger partial charge < -0.3 is 4.90 Å². The first-order chi connectivity index (χ1) is 9.49. The molecule has 2 aliphatic rings. The van der Waals surface area contributed by atoms with Crippen molar-refractivity contribution in [2.75, 3.05) is 24.5 Å². The SMILES string of the molecule is CC(C)N1CCN2c3ncccc3C(F)(F)CC[C@H]2C1. The lowest BCUT2D eigenvalue weighted by Gasteiger charge is -2.43. The Labute approximate surface area is 118 Å². The van der Waals surface area contributed by atoms with Crippen molar-refractivity contribution in [2.45, 2.75) is 44.7 Å². The summed E-state index contributed by atoms with van der Waals surface area (Å²) < 4.78 is 28.5. The summed E-state index contributed by atoms with van der Waals surface area (Å²) in [6.45, 7) is 6.86. The van der Waals surface area contributed by atoms with Gasteiger partial charge >= 0.3 is 0 Å². The van der Waals surface area contributed by atoms with Crippen molar-refractivity contribution in [3.8, 4) is 0 Å². The van der Waals surface area contributed by atoms with E-state index in [1.807, 2.05) is 0 Å². The van der Waals surface area contributed by atoms with Gasteiger partial charge in [-0.25, -0.2) is 13.8 Å². The van der Waals surface area contributed by atoms with Crippen molar-refractivity contribution in [1.82, 2.24) is 9.88 Å². The standard InChI is InChI=1S/C15H21F2N3/c1-11(2)19-8-9-20-12(10-19)5-6-15(16,17)13-4-3-7-18-14(13)20/h3-4,7,11-12H,5-6,8-10H2,1-2H3/t12-/m0/s1. The molecule has 3 nitrogen and oxygen atoms in total. The highest BCUT2D eigenvalue weighted by Gasteiger charge is 2.42. The lowest BCUT2D eigenvalue weighted by molar-refractivity contribution is -0.0147. The first-order valence-electron chi connectivity index (χ1n) is 7.33. The zero-order chi connectivity index (χ0) is 14.3. The number of hydrogen-bond donors (Lipinski definition) is 0. The summed E-state index contributed by atoms with van der Waals surface area (Å²) in [5.41, 5.74) is 0.0977. The largest absolute Gasteiger partial charge is 0.351 e. The van der Waals surface area contributed by atoms with Crippen molar-refractivity contribution in [2.24, 2.45) is 0 Å². The lowest BCUT2D eigenvalue weighted by Crippen LogP contribution is -2.55. The Balaban J connectivity index is 1.95. The molecule has 1 aromatic rings. The van der Waals surface area contributed by atoms with Crippen LogP contribution in [0.3, 0.4) is 0 Å². The lowest BCUT2D eigenvalue weighted by atomic mass is 10.0. The molecule has 0 aliphatic carbocycles. The van der Waals surface area contributed by atoms with E-state index in [0.717, 1.165) is 19.6 Å². The fraction of sp³-hybridized carbons (Fsp3) is 0.667. The van der Waals surface area contributed by atoms with E-state index in [4.69, 9.17) is 0 Å². The van der Waals surface area contributed by atoms with Gasteiger partial charge in [0.05, 0.1) is 5.56 Å². The molecule has 110 valence electrons. The topological polar surface area (TPSA) is 19.4 Å². The van der Waals surface area contributed by atoms with E-state index in [1.165, 1.54) is 6.07 Å². The summed E-state index contributed by atoms with van der Waals surface area (Å²) >= 11 is 0. The summed E-state index contributed by atoms with van der Waals surface area (Å²) in [5.74, 6) is -2.27. The Morgan fingerprint density at radius 1 is 1.35 bits per heavy atom. The Bertz CT molecular complexity index is 490. The van der Waals surface area contributed by atoms with Crippen molar-refractivity contribution in [3.05, 3.63) is 23.9 Å². The van der Waals surface area contributed by atoms with Gasteiger partial charge in [0.2, 0.25) is 0 Å². The molecule has 0 radical (unpaired) electrons. The number of fused-ring (bicyclic) bond motifs is 3. The molecule has 0 bridgehead atoms. The second-order valence-electron chi connectivity index (χ2n) is 6.05. The van der Waals surface area contributed by atoms with Crippen LogP contribution in [0.2, 0.25) is 0 Å². The molecular formula is C15H21F2N3. The number of hydrogen-bond acceptors (Lipinski definition) is 3. The van der Waals surface area contributed by atoms with Gasteiger partial charge in [0.1, 0.15) is 5.82 Å². The molecule has 1 saturated heterocycles. The van der Waals surface area contributed by atoms with E-state index >= 15 is 0 Å². The molecule has 0 unspecified atom stereocenters. The number of nitrogens with zero attached hydrogens (tertiary/aromatic N) is 3. The second-order valence-corrected chi connectivity index (χ2v) is 6.05. The third-order valence-electron chi connectivity index (χ3n) is 4.49. The summed E-state index contributed by atoms with van der Waals surface area (Å²) in [6, 6.07) is 3.74. The number of anilines is 1. The zero-order valence-corrected chi connectivity index (χ0v) is 12.0. The number of pyridine rings is 1. The van der Waals surface area contributed by atoms with E-state index in [-0.39, 0.29) is 18.0 Å². The molecule has 3 heterocycles. The minimum atomic E-state index is -2.76. The summed E-state index contributed by atoms with van der Waals surface area (Å²) in [6.07, 6.45) is 2.05. The van der Waals surface area contributed by atoms with Crippen LogP contribution in [0.25, 0.3) is 0 Å². The molecule has 0 aromatic carbocycles. The highest BCUT2D eigenvalue weighted by molar-refractivity contribution is 5.51. The van der Waals surface area contributed by atoms with Crippen molar-refractivity contribution >= 4 is 5.82 Å². The Hall–Kier alpha value is -1.23. The van der Waals surface area contributed by atoms with Gasteiger partial charge in [0.15, 0.2) is 0 Å². The maximum Gasteiger partial charge on any atom is 0.276 e. The molecular weight excluding hydrogens is 260 g/mol. The summed E-state index contributed by atoms with van der Waals surface area (Å²) in [5, 5.41) is 0. The van der Waals surface area contributed by atoms with E-state index < -0.39 is 5.92 Å². The fourth-order valence-corrected chi connectivity index (χ4v) is 3.27. The minimum Gasteiger partial charge on any atom is -0.351 e. The Morgan fingerprint density at radius 3 is 2.90 bits per heavy atom. The highest BCUT2D eigenvalue weighted by Crippen LogP contribution is 2.42. The van der Waals surface area contributed by atoms with E-state index in [2.05, 4.69) is 28.6 Å². The fourth-order valence-electron chi connectivity index (χ4n) is 3.27. The molecule has 0 amide bonds. The van der Waals surface area contributed by atoms with E-state index in [0.29, 0.717) is 18.3 Å². The maximum absolute atomic E-state index is 14.3. The van der Waals surface area contributed by atoms with Crippen LogP contribution in [0, 0.1) is 0 Å². The predicted octanol–water partition coefficient (Wildman–Crippen LogP) is 2.87. The first kappa shape index (κ1) is 13.7. The minimum absolute atomic E-state index is 0.0845. The smallest absolute Gasteiger partial charge is 0.276 e. The third-order valence-corrected chi connectivity index (χ3v) is 4.49. The van der Waals surface area contributed by atoms with Gasteiger partial charge in [0, 0.05) is 44.3 Å². The molecule has 2 aliphatic heterocycles. The van der Waals surface area contributed by atoms with Crippen molar-refractivity contribution < 1.29 is 8.78 Å². The van der Waals surface area contributed by atoms with Crippen LogP contribution >= 0.6 is 0 Å². The van der Waals surface area contributed by atoms with Gasteiger partial charge in [-0.3, -0.25) is 4.90 Å². The molecule has 1 atom stereocenters. The van der Waals surface area contributed by atoms with Gasteiger partial charge in [-0.1, -0.05) is 0 Å². The van der Waals surface area contributed by atoms with Crippen LogP contribution in [0.5, 0.6) is 0 Å². The second kappa shape index (κ2) is 4.95. The molecule has 20 heavy (non-hydrogen) atoms. The quantitative estimate of drug-likeness (QED) is 0.789. The molecule has 1 aromatic heterocycles. The molecule has 0 spiro atoms. The van der Waals surface area contributed by atoms with Crippen LogP contribution in [0.4, 0.5) is 14.6 Å². The van der Waals surface area contributed by atoms with Crippen LogP contribution in [0.1, 0.15) is 32.3 Å². The maximum atomic E-state index is 14.3. The molecule has 1 fully saturated rings. The number of alkyl halides is 2. The van der Waals surface area contributed by atoms with E-state index in [1.54, 1.807) is 12.3 Å². The monoisotopic (exact) mass is 281 g/mol. The van der Waals surface area contributed by atoms with Crippen LogP contribution < -0.4 is 4.90 Å².